The average Bonchev–Trinajstić information content (AvgIpc) is 3.34. The summed E-state index contributed by atoms with van der Waals surface area (Å²) < 4.78 is 10.7. The van der Waals surface area contributed by atoms with Crippen molar-refractivity contribution in [2.75, 3.05) is 7.11 Å². The zero-order chi connectivity index (χ0) is 16.6. The van der Waals surface area contributed by atoms with Crippen molar-refractivity contribution >= 4 is 12.4 Å². The molecule has 0 unspecified atom stereocenters. The number of aromatic amines is 1. The summed E-state index contributed by atoms with van der Waals surface area (Å²) in [7, 11) is 1.64. The van der Waals surface area contributed by atoms with E-state index in [1.54, 1.807) is 13.3 Å². The first kappa shape index (κ1) is 17.4. The highest BCUT2D eigenvalue weighted by molar-refractivity contribution is 5.85. The van der Waals surface area contributed by atoms with Gasteiger partial charge >= 0.3 is 0 Å². The molecule has 0 atom stereocenters. The van der Waals surface area contributed by atoms with Gasteiger partial charge in [0.1, 0.15) is 5.75 Å². The number of nitrogens with one attached hydrogen (secondary N) is 1. The molecule has 1 aromatic carbocycles. The Balaban J connectivity index is 0.00000182. The SMILES string of the molecule is COc1ccc(-c2[nH]ncc2-c2nc(C3(N)CCCC3)no2)cc1.Cl. The van der Waals surface area contributed by atoms with Gasteiger partial charge in [0, 0.05) is 5.56 Å². The van der Waals surface area contributed by atoms with E-state index in [4.69, 9.17) is 15.0 Å². The molecule has 3 N–H and O–H groups in total. The number of aromatic nitrogens is 4. The number of hydrogen-bond acceptors (Lipinski definition) is 6. The molecule has 4 rings (SSSR count). The molecular weight excluding hydrogens is 342 g/mol. The fourth-order valence-electron chi connectivity index (χ4n) is 3.19. The fourth-order valence-corrected chi connectivity index (χ4v) is 3.19. The quantitative estimate of drug-likeness (QED) is 0.739. The molecule has 0 radical (unpaired) electrons. The van der Waals surface area contributed by atoms with E-state index in [0.29, 0.717) is 11.7 Å². The first-order valence-corrected chi connectivity index (χ1v) is 8.01. The van der Waals surface area contributed by atoms with Gasteiger partial charge in [-0.25, -0.2) is 0 Å². The number of benzene rings is 1. The van der Waals surface area contributed by atoms with Gasteiger partial charge < -0.3 is 15.0 Å². The lowest BCUT2D eigenvalue weighted by atomic mass is 9.98. The Morgan fingerprint density at radius 2 is 1.92 bits per heavy atom. The van der Waals surface area contributed by atoms with Crippen molar-refractivity contribution in [1.82, 2.24) is 20.3 Å². The molecule has 0 spiro atoms. The first-order valence-electron chi connectivity index (χ1n) is 8.01. The van der Waals surface area contributed by atoms with Gasteiger partial charge in [-0.05, 0) is 37.1 Å². The van der Waals surface area contributed by atoms with Crippen LogP contribution in [-0.4, -0.2) is 27.4 Å². The Labute approximate surface area is 151 Å². The molecule has 1 aliphatic rings. The molecule has 1 saturated carbocycles. The minimum absolute atomic E-state index is 0. The highest BCUT2D eigenvalue weighted by Crippen LogP contribution is 2.36. The third-order valence-electron chi connectivity index (χ3n) is 4.62. The van der Waals surface area contributed by atoms with E-state index in [0.717, 1.165) is 48.3 Å². The van der Waals surface area contributed by atoms with Crippen molar-refractivity contribution in [3.63, 3.8) is 0 Å². The molecule has 132 valence electrons. The van der Waals surface area contributed by atoms with Crippen LogP contribution < -0.4 is 10.5 Å². The molecule has 0 amide bonds. The summed E-state index contributed by atoms with van der Waals surface area (Å²) in [6, 6.07) is 7.70. The van der Waals surface area contributed by atoms with E-state index < -0.39 is 5.54 Å². The number of hydrogen-bond donors (Lipinski definition) is 2. The van der Waals surface area contributed by atoms with Crippen LogP contribution in [0.4, 0.5) is 0 Å². The molecule has 7 nitrogen and oxygen atoms in total. The van der Waals surface area contributed by atoms with Crippen LogP contribution in [0, 0.1) is 0 Å². The second-order valence-electron chi connectivity index (χ2n) is 6.17. The molecule has 2 aromatic heterocycles. The molecule has 2 heterocycles. The Kier molecular flexibility index (Phi) is 4.78. The van der Waals surface area contributed by atoms with E-state index in [9.17, 15) is 0 Å². The van der Waals surface area contributed by atoms with Crippen molar-refractivity contribution < 1.29 is 9.26 Å². The molecule has 0 bridgehead atoms. The van der Waals surface area contributed by atoms with Crippen molar-refractivity contribution in [2.24, 2.45) is 5.73 Å². The summed E-state index contributed by atoms with van der Waals surface area (Å²) in [6.07, 6.45) is 5.67. The van der Waals surface area contributed by atoms with Gasteiger partial charge in [0.15, 0.2) is 5.82 Å². The third kappa shape index (κ3) is 3.12. The maximum atomic E-state index is 6.41. The summed E-state index contributed by atoms with van der Waals surface area (Å²) in [4.78, 5) is 4.54. The van der Waals surface area contributed by atoms with Crippen LogP contribution in [0.2, 0.25) is 0 Å². The molecule has 1 aliphatic carbocycles. The zero-order valence-electron chi connectivity index (χ0n) is 13.9. The summed E-state index contributed by atoms with van der Waals surface area (Å²) >= 11 is 0. The van der Waals surface area contributed by atoms with E-state index in [-0.39, 0.29) is 12.4 Å². The lowest BCUT2D eigenvalue weighted by molar-refractivity contribution is 0.372. The van der Waals surface area contributed by atoms with Gasteiger partial charge in [-0.1, -0.05) is 18.0 Å². The monoisotopic (exact) mass is 361 g/mol. The molecule has 0 saturated heterocycles. The lowest BCUT2D eigenvalue weighted by Crippen LogP contribution is -2.34. The predicted octanol–water partition coefficient (Wildman–Crippen LogP) is 3.29. The molecule has 8 heteroatoms. The van der Waals surface area contributed by atoms with Crippen LogP contribution in [0.5, 0.6) is 5.75 Å². The van der Waals surface area contributed by atoms with Gasteiger partial charge in [0.2, 0.25) is 0 Å². The second-order valence-corrected chi connectivity index (χ2v) is 6.17. The number of ether oxygens (including phenoxy) is 1. The van der Waals surface area contributed by atoms with E-state index in [1.165, 1.54) is 0 Å². The maximum Gasteiger partial charge on any atom is 0.261 e. The standard InChI is InChI=1S/C17H19N5O2.ClH/c1-23-12-6-4-11(5-7-12)14-13(10-19-21-14)15-20-16(22-24-15)17(18)8-2-3-9-17;/h4-7,10H,2-3,8-9,18H2,1H3,(H,19,21);1H. The van der Waals surface area contributed by atoms with Crippen LogP contribution >= 0.6 is 12.4 Å². The van der Waals surface area contributed by atoms with Crippen LogP contribution in [0.3, 0.4) is 0 Å². The predicted molar refractivity (Wildman–Crippen MR) is 95.4 cm³/mol. The zero-order valence-corrected chi connectivity index (χ0v) is 14.7. The van der Waals surface area contributed by atoms with Crippen LogP contribution in [-0.2, 0) is 5.54 Å². The van der Waals surface area contributed by atoms with Crippen molar-refractivity contribution in [3.05, 3.63) is 36.3 Å². The summed E-state index contributed by atoms with van der Waals surface area (Å²) in [5.41, 5.74) is 8.49. The first-order chi connectivity index (χ1) is 11.7. The highest BCUT2D eigenvalue weighted by atomic mass is 35.5. The molecule has 25 heavy (non-hydrogen) atoms. The van der Waals surface area contributed by atoms with Crippen LogP contribution in [0.15, 0.2) is 35.0 Å². The average molecular weight is 362 g/mol. The molecule has 0 aliphatic heterocycles. The normalized spacial score (nSPS) is 15.8. The molecule has 3 aromatic rings. The maximum absolute atomic E-state index is 6.41. The Hall–Kier alpha value is -2.38. The third-order valence-corrected chi connectivity index (χ3v) is 4.62. The lowest BCUT2D eigenvalue weighted by Gasteiger charge is -2.17. The largest absolute Gasteiger partial charge is 0.497 e. The summed E-state index contributed by atoms with van der Waals surface area (Å²) in [5.74, 6) is 1.81. The Bertz CT molecular complexity index is 837. The van der Waals surface area contributed by atoms with E-state index in [1.807, 2.05) is 24.3 Å². The van der Waals surface area contributed by atoms with Crippen molar-refractivity contribution in [2.45, 2.75) is 31.2 Å². The second kappa shape index (κ2) is 6.85. The number of H-pyrrole nitrogens is 1. The van der Waals surface area contributed by atoms with E-state index in [2.05, 4.69) is 20.3 Å². The smallest absolute Gasteiger partial charge is 0.261 e. The van der Waals surface area contributed by atoms with E-state index >= 15 is 0 Å². The molecule has 1 fully saturated rings. The van der Waals surface area contributed by atoms with Crippen molar-refractivity contribution in [1.29, 1.82) is 0 Å². The molecular formula is C17H20ClN5O2. The minimum Gasteiger partial charge on any atom is -0.497 e. The van der Waals surface area contributed by atoms with Gasteiger partial charge in [-0.2, -0.15) is 10.1 Å². The van der Waals surface area contributed by atoms with Gasteiger partial charge in [0.25, 0.3) is 5.89 Å². The van der Waals surface area contributed by atoms with Gasteiger partial charge in [-0.15, -0.1) is 12.4 Å². The van der Waals surface area contributed by atoms with Gasteiger partial charge in [0.05, 0.1) is 30.1 Å². The number of nitrogens with two attached hydrogens (primary N) is 1. The van der Waals surface area contributed by atoms with Gasteiger partial charge in [-0.3, -0.25) is 5.10 Å². The number of nitrogens with zero attached hydrogens (tertiary/aromatic N) is 3. The number of halogens is 1. The number of methoxy groups -OCH3 is 1. The topological polar surface area (TPSA) is 103 Å². The van der Waals surface area contributed by atoms with Crippen LogP contribution in [0.1, 0.15) is 31.5 Å². The summed E-state index contributed by atoms with van der Waals surface area (Å²) in [6.45, 7) is 0. The minimum atomic E-state index is -0.467. The van der Waals surface area contributed by atoms with Crippen LogP contribution in [0.25, 0.3) is 22.7 Å². The number of rotatable bonds is 4. The highest BCUT2D eigenvalue weighted by Gasteiger charge is 2.36. The Morgan fingerprint density at radius 3 is 2.60 bits per heavy atom. The Morgan fingerprint density at radius 1 is 1.20 bits per heavy atom. The van der Waals surface area contributed by atoms with Crippen molar-refractivity contribution in [3.8, 4) is 28.5 Å². The summed E-state index contributed by atoms with van der Waals surface area (Å²) in [5, 5.41) is 11.2. The fraction of sp³-hybridized carbons (Fsp3) is 0.353.